The molecule has 0 heterocycles. The number of carbonyl (C=O) groups excluding carboxylic acids is 1. The second kappa shape index (κ2) is 5.95. The van der Waals surface area contributed by atoms with Crippen LogP contribution in [-0.4, -0.2) is 45.6 Å². The summed E-state index contributed by atoms with van der Waals surface area (Å²) in [5.74, 6) is -0.665. The second-order valence-electron chi connectivity index (χ2n) is 3.79. The van der Waals surface area contributed by atoms with Gasteiger partial charge in [-0.3, -0.25) is 0 Å². The fourth-order valence-corrected chi connectivity index (χ4v) is 1.09. The van der Waals surface area contributed by atoms with Crippen LogP contribution in [0.25, 0.3) is 0 Å². The third-order valence-corrected chi connectivity index (χ3v) is 1.91. The van der Waals surface area contributed by atoms with Gasteiger partial charge >= 0.3 is 5.97 Å². The van der Waals surface area contributed by atoms with Crippen LogP contribution in [0.5, 0.6) is 0 Å². The zero-order valence-electron chi connectivity index (χ0n) is 9.58. The molecule has 0 aliphatic rings. The molecule has 0 bridgehead atoms. The van der Waals surface area contributed by atoms with Gasteiger partial charge in [-0.15, -0.1) is 0 Å². The van der Waals surface area contributed by atoms with Crippen molar-refractivity contribution >= 4 is 5.97 Å². The predicted molar refractivity (Wildman–Crippen MR) is 55.1 cm³/mol. The Morgan fingerprint density at radius 2 is 1.88 bits per heavy atom. The Morgan fingerprint density at radius 3 is 2.25 bits per heavy atom. The van der Waals surface area contributed by atoms with E-state index >= 15 is 0 Å². The van der Waals surface area contributed by atoms with Gasteiger partial charge < -0.3 is 24.8 Å². The summed E-state index contributed by atoms with van der Waals surface area (Å²) < 4.78 is 9.88. The fourth-order valence-electron chi connectivity index (χ4n) is 1.09. The molecule has 0 amide bonds. The van der Waals surface area contributed by atoms with Crippen molar-refractivity contribution in [3.05, 3.63) is 12.7 Å². The van der Waals surface area contributed by atoms with Crippen LogP contribution in [0, 0.1) is 0 Å². The first-order valence-corrected chi connectivity index (χ1v) is 4.75. The molecule has 0 saturated carbocycles. The van der Waals surface area contributed by atoms with Crippen LogP contribution in [0.15, 0.2) is 12.7 Å². The van der Waals surface area contributed by atoms with Crippen LogP contribution in [0.2, 0.25) is 0 Å². The summed E-state index contributed by atoms with van der Waals surface area (Å²) in [7, 11) is 0. The Kier molecular flexibility index (Phi) is 5.60. The third-order valence-electron chi connectivity index (χ3n) is 1.91. The van der Waals surface area contributed by atoms with Gasteiger partial charge in [0.25, 0.3) is 0 Å². The molecule has 0 spiro atoms. The standard InChI is InChI=1S/C10H18O6/c1-5-7(11)15-6(2)16-10(3,4)8(12)9(13)14/h5-6,8-9,12-14H,1H2,2-4H3. The van der Waals surface area contributed by atoms with Crippen molar-refractivity contribution in [2.24, 2.45) is 0 Å². The minimum atomic E-state index is -1.93. The van der Waals surface area contributed by atoms with E-state index in [1.807, 2.05) is 0 Å². The van der Waals surface area contributed by atoms with Crippen molar-refractivity contribution in [2.45, 2.75) is 45.1 Å². The summed E-state index contributed by atoms with van der Waals surface area (Å²) in [4.78, 5) is 10.8. The molecule has 2 unspecified atom stereocenters. The molecule has 6 nitrogen and oxygen atoms in total. The molecular formula is C10H18O6. The van der Waals surface area contributed by atoms with Crippen molar-refractivity contribution in [1.29, 1.82) is 0 Å². The van der Waals surface area contributed by atoms with Crippen molar-refractivity contribution in [3.8, 4) is 0 Å². The molecule has 0 radical (unpaired) electrons. The molecule has 2 atom stereocenters. The summed E-state index contributed by atoms with van der Waals surface area (Å²) in [6, 6.07) is 0. The summed E-state index contributed by atoms with van der Waals surface area (Å²) in [6.07, 6.45) is -3.41. The molecule has 0 saturated heterocycles. The van der Waals surface area contributed by atoms with Crippen molar-refractivity contribution in [1.82, 2.24) is 0 Å². The quantitative estimate of drug-likeness (QED) is 0.326. The van der Waals surface area contributed by atoms with Gasteiger partial charge in [-0.1, -0.05) is 6.58 Å². The number of rotatable bonds is 6. The minimum absolute atomic E-state index is 0.665. The maximum Gasteiger partial charge on any atom is 0.332 e. The Balaban J connectivity index is 4.35. The lowest BCUT2D eigenvalue weighted by Gasteiger charge is -2.33. The lowest BCUT2D eigenvalue weighted by Crippen LogP contribution is -2.48. The molecule has 6 heteroatoms. The number of aliphatic hydroxyl groups excluding tert-OH is 2. The van der Waals surface area contributed by atoms with Gasteiger partial charge in [0, 0.05) is 6.08 Å². The highest BCUT2D eigenvalue weighted by atomic mass is 16.7. The van der Waals surface area contributed by atoms with E-state index in [0.717, 1.165) is 6.08 Å². The molecule has 94 valence electrons. The van der Waals surface area contributed by atoms with Crippen molar-refractivity contribution in [2.75, 3.05) is 0 Å². The molecule has 16 heavy (non-hydrogen) atoms. The van der Waals surface area contributed by atoms with Crippen LogP contribution in [0.4, 0.5) is 0 Å². The molecular weight excluding hydrogens is 216 g/mol. The molecule has 3 N–H and O–H groups in total. The van der Waals surface area contributed by atoms with Gasteiger partial charge in [-0.05, 0) is 20.8 Å². The number of aliphatic hydroxyl groups is 3. The Bertz CT molecular complexity index is 248. The van der Waals surface area contributed by atoms with Crippen LogP contribution in [0.1, 0.15) is 20.8 Å². The minimum Gasteiger partial charge on any atom is -0.433 e. The Labute approximate surface area is 94.1 Å². The van der Waals surface area contributed by atoms with E-state index in [1.54, 1.807) is 0 Å². The number of hydrogen-bond acceptors (Lipinski definition) is 6. The highest BCUT2D eigenvalue weighted by molar-refractivity contribution is 5.81. The summed E-state index contributed by atoms with van der Waals surface area (Å²) in [5, 5.41) is 27.0. The first-order chi connectivity index (χ1) is 7.20. The molecule has 0 fully saturated rings. The van der Waals surface area contributed by atoms with Gasteiger partial charge in [0.2, 0.25) is 6.29 Å². The van der Waals surface area contributed by atoms with Gasteiger partial charge in [0.05, 0.1) is 5.60 Å². The van der Waals surface area contributed by atoms with E-state index in [1.165, 1.54) is 20.8 Å². The predicted octanol–water partition coefficient (Wildman–Crippen LogP) is -0.472. The van der Waals surface area contributed by atoms with Gasteiger partial charge in [0.15, 0.2) is 6.29 Å². The third kappa shape index (κ3) is 4.71. The lowest BCUT2D eigenvalue weighted by atomic mass is 10.0. The number of ether oxygens (including phenoxy) is 2. The van der Waals surface area contributed by atoms with E-state index in [4.69, 9.17) is 19.7 Å². The highest BCUT2D eigenvalue weighted by Crippen LogP contribution is 2.19. The van der Waals surface area contributed by atoms with E-state index in [2.05, 4.69) is 6.58 Å². The number of carbonyl (C=O) groups is 1. The molecule has 0 aliphatic heterocycles. The smallest absolute Gasteiger partial charge is 0.332 e. The fraction of sp³-hybridized carbons (Fsp3) is 0.700. The van der Waals surface area contributed by atoms with Crippen molar-refractivity contribution in [3.63, 3.8) is 0 Å². The van der Waals surface area contributed by atoms with Crippen LogP contribution < -0.4 is 0 Å². The largest absolute Gasteiger partial charge is 0.433 e. The molecule has 0 aliphatic carbocycles. The average molecular weight is 234 g/mol. The number of esters is 1. The van der Waals surface area contributed by atoms with Crippen LogP contribution in [0.3, 0.4) is 0 Å². The van der Waals surface area contributed by atoms with Crippen LogP contribution >= 0.6 is 0 Å². The average Bonchev–Trinajstić information content (AvgIpc) is 2.14. The topological polar surface area (TPSA) is 96.2 Å². The second-order valence-corrected chi connectivity index (χ2v) is 3.79. The van der Waals surface area contributed by atoms with Gasteiger partial charge in [-0.2, -0.15) is 0 Å². The summed E-state index contributed by atoms with van der Waals surface area (Å²) >= 11 is 0. The SMILES string of the molecule is C=CC(=O)OC(C)OC(C)(C)C(O)C(O)O. The van der Waals surface area contributed by atoms with E-state index in [0.29, 0.717) is 0 Å². The van der Waals surface area contributed by atoms with E-state index in [9.17, 15) is 9.90 Å². The monoisotopic (exact) mass is 234 g/mol. The normalized spacial score (nSPS) is 15.7. The van der Waals surface area contributed by atoms with Gasteiger partial charge in [0.1, 0.15) is 6.10 Å². The molecule has 0 aromatic heterocycles. The van der Waals surface area contributed by atoms with Crippen LogP contribution in [-0.2, 0) is 14.3 Å². The zero-order valence-corrected chi connectivity index (χ0v) is 9.58. The summed E-state index contributed by atoms with van der Waals surface area (Å²) in [5.41, 5.74) is -1.27. The van der Waals surface area contributed by atoms with E-state index in [-0.39, 0.29) is 0 Å². The maximum absolute atomic E-state index is 10.8. The summed E-state index contributed by atoms with van der Waals surface area (Å²) in [6.45, 7) is 7.54. The first kappa shape index (κ1) is 15.0. The molecule has 0 aromatic rings. The Morgan fingerprint density at radius 1 is 1.38 bits per heavy atom. The number of hydrogen-bond donors (Lipinski definition) is 3. The lowest BCUT2D eigenvalue weighted by molar-refractivity contribution is -0.249. The zero-order chi connectivity index (χ0) is 12.9. The maximum atomic E-state index is 10.8. The van der Waals surface area contributed by atoms with Gasteiger partial charge in [-0.25, -0.2) is 4.79 Å². The molecule has 0 rings (SSSR count). The Hall–Kier alpha value is -0.950. The highest BCUT2D eigenvalue weighted by Gasteiger charge is 2.35. The first-order valence-electron chi connectivity index (χ1n) is 4.75. The molecule has 0 aromatic carbocycles. The van der Waals surface area contributed by atoms with Crippen molar-refractivity contribution < 1.29 is 29.6 Å². The van der Waals surface area contributed by atoms with E-state index < -0.39 is 30.3 Å².